The smallest absolute Gasteiger partial charge is 0.496 e. The number of benzene rings is 2. The highest BCUT2D eigenvalue weighted by molar-refractivity contribution is 5.94. The van der Waals surface area contributed by atoms with Crippen molar-refractivity contribution in [3.8, 4) is 11.5 Å². The average molecular weight is 441 g/mol. The van der Waals surface area contributed by atoms with Crippen molar-refractivity contribution in [1.29, 1.82) is 0 Å². The van der Waals surface area contributed by atoms with Crippen molar-refractivity contribution in [3.63, 3.8) is 0 Å². The molecule has 10 heteroatoms. The first kappa shape index (κ1) is 22.5. The second kappa shape index (κ2) is 9.34. The second-order valence-corrected chi connectivity index (χ2v) is 6.72. The molecule has 1 aliphatic rings. The summed E-state index contributed by atoms with van der Waals surface area (Å²) in [5, 5.41) is 2.17. The number of carbonyl (C=O) groups is 2. The molecule has 3 rings (SSSR count). The lowest BCUT2D eigenvalue weighted by Gasteiger charge is -2.14. The summed E-state index contributed by atoms with van der Waals surface area (Å²) in [4.78, 5) is 23.4. The van der Waals surface area contributed by atoms with Gasteiger partial charge in [-0.25, -0.2) is 4.39 Å². The molecule has 0 unspecified atom stereocenters. The third-order valence-electron chi connectivity index (χ3n) is 4.69. The normalized spacial score (nSPS) is 12.8. The number of rotatable bonds is 8. The van der Waals surface area contributed by atoms with Crippen LogP contribution in [0.2, 0.25) is 0 Å². The van der Waals surface area contributed by atoms with Crippen LogP contribution in [0.5, 0.6) is 11.5 Å². The topological polar surface area (TPSA) is 73.9 Å². The highest BCUT2D eigenvalue weighted by Crippen LogP contribution is 2.40. The number of nitrogens with one attached hydrogen (secondary N) is 1. The zero-order chi connectivity index (χ0) is 22.6. The molecule has 0 spiro atoms. The lowest BCUT2D eigenvalue weighted by atomic mass is 9.96. The molecule has 2 aromatic carbocycles. The maximum atomic E-state index is 14.5. The summed E-state index contributed by atoms with van der Waals surface area (Å²) in [5.74, 6) is -0.631. The fourth-order valence-electron chi connectivity index (χ4n) is 3.41. The van der Waals surface area contributed by atoms with Gasteiger partial charge in [-0.3, -0.25) is 14.3 Å². The van der Waals surface area contributed by atoms with Gasteiger partial charge in [0.15, 0.2) is 6.29 Å². The van der Waals surface area contributed by atoms with E-state index >= 15 is 0 Å². The Morgan fingerprint density at radius 3 is 2.71 bits per heavy atom. The SMILES string of the molecule is COc1c(C=O)cc(Cc2ccc(C(=O)NCCOC(F)(F)F)c(F)c2)c2c1CCO2. The molecule has 0 aromatic heterocycles. The zero-order valence-corrected chi connectivity index (χ0v) is 16.5. The fraction of sp³-hybridized carbons (Fsp3) is 0.333. The summed E-state index contributed by atoms with van der Waals surface area (Å²) in [6.45, 7) is -0.771. The van der Waals surface area contributed by atoms with Gasteiger partial charge in [0, 0.05) is 24.9 Å². The Labute approximate surface area is 175 Å². The standard InChI is InChI=1S/C21H19F4NO5/c1-29-18-14(11-27)10-13(19-16(18)4-6-30-19)8-12-2-3-15(17(22)9-12)20(28)26-5-7-31-21(23,24)25/h2-3,9-11H,4-8H2,1H3,(H,26,28). The van der Waals surface area contributed by atoms with Crippen LogP contribution in [0.4, 0.5) is 17.6 Å². The van der Waals surface area contributed by atoms with Gasteiger partial charge in [-0.15, -0.1) is 13.2 Å². The van der Waals surface area contributed by atoms with Crippen LogP contribution in [-0.4, -0.2) is 45.4 Å². The molecule has 0 aliphatic carbocycles. The summed E-state index contributed by atoms with van der Waals surface area (Å²) < 4.78 is 64.8. The van der Waals surface area contributed by atoms with Gasteiger partial charge in [0.05, 0.1) is 31.5 Å². The molecule has 0 radical (unpaired) electrons. The van der Waals surface area contributed by atoms with Gasteiger partial charge < -0.3 is 14.8 Å². The van der Waals surface area contributed by atoms with E-state index in [1.54, 1.807) is 6.07 Å². The first-order chi connectivity index (χ1) is 14.7. The predicted octanol–water partition coefficient (Wildman–Crippen LogP) is 3.44. The third kappa shape index (κ3) is 5.32. The number of hydrogen-bond donors (Lipinski definition) is 1. The minimum atomic E-state index is -4.80. The van der Waals surface area contributed by atoms with E-state index in [1.807, 2.05) is 0 Å². The van der Waals surface area contributed by atoms with Crippen molar-refractivity contribution in [1.82, 2.24) is 5.32 Å². The Morgan fingerprint density at radius 1 is 1.29 bits per heavy atom. The molecule has 1 N–H and O–H groups in total. The highest BCUT2D eigenvalue weighted by Gasteiger charge is 2.28. The molecule has 0 fully saturated rings. The fourth-order valence-corrected chi connectivity index (χ4v) is 3.41. The zero-order valence-electron chi connectivity index (χ0n) is 16.5. The number of hydrogen-bond acceptors (Lipinski definition) is 5. The van der Waals surface area contributed by atoms with E-state index in [-0.39, 0.29) is 12.0 Å². The molecule has 1 amide bonds. The van der Waals surface area contributed by atoms with Crippen molar-refractivity contribution in [2.45, 2.75) is 19.2 Å². The summed E-state index contributed by atoms with van der Waals surface area (Å²) in [6.07, 6.45) is -3.30. The van der Waals surface area contributed by atoms with Gasteiger partial charge in [-0.2, -0.15) is 0 Å². The van der Waals surface area contributed by atoms with E-state index in [2.05, 4.69) is 10.1 Å². The molecule has 0 saturated heterocycles. The molecule has 6 nitrogen and oxygen atoms in total. The van der Waals surface area contributed by atoms with Crippen LogP contribution in [0, 0.1) is 5.82 Å². The number of ether oxygens (including phenoxy) is 3. The molecule has 2 aromatic rings. The summed E-state index contributed by atoms with van der Waals surface area (Å²) >= 11 is 0. The Balaban J connectivity index is 1.73. The number of methoxy groups -OCH3 is 1. The van der Waals surface area contributed by atoms with E-state index in [0.717, 1.165) is 11.6 Å². The van der Waals surface area contributed by atoms with Crippen LogP contribution >= 0.6 is 0 Å². The van der Waals surface area contributed by atoms with Gasteiger partial charge in [0.1, 0.15) is 17.3 Å². The van der Waals surface area contributed by atoms with Gasteiger partial charge in [-0.05, 0) is 29.3 Å². The van der Waals surface area contributed by atoms with Crippen molar-refractivity contribution < 1.29 is 41.4 Å². The maximum Gasteiger partial charge on any atom is 0.522 e. The van der Waals surface area contributed by atoms with Gasteiger partial charge in [0.2, 0.25) is 0 Å². The molecule has 0 saturated carbocycles. The molecule has 166 valence electrons. The monoisotopic (exact) mass is 441 g/mol. The largest absolute Gasteiger partial charge is 0.522 e. The number of alkyl halides is 3. The summed E-state index contributed by atoms with van der Waals surface area (Å²) in [5.41, 5.74) is 2.03. The lowest BCUT2D eigenvalue weighted by molar-refractivity contribution is -0.323. The number of aldehydes is 1. The molecule has 1 aliphatic heterocycles. The second-order valence-electron chi connectivity index (χ2n) is 6.72. The van der Waals surface area contributed by atoms with Crippen molar-refractivity contribution in [3.05, 3.63) is 57.9 Å². The van der Waals surface area contributed by atoms with E-state index < -0.39 is 31.2 Å². The van der Waals surface area contributed by atoms with E-state index in [9.17, 15) is 27.2 Å². The van der Waals surface area contributed by atoms with Crippen molar-refractivity contribution in [2.24, 2.45) is 0 Å². The number of fused-ring (bicyclic) bond motifs is 1. The first-order valence-electron chi connectivity index (χ1n) is 9.31. The van der Waals surface area contributed by atoms with Gasteiger partial charge in [0.25, 0.3) is 5.91 Å². The first-order valence-corrected chi connectivity index (χ1v) is 9.31. The van der Waals surface area contributed by atoms with Crippen LogP contribution < -0.4 is 14.8 Å². The molecule has 31 heavy (non-hydrogen) atoms. The van der Waals surface area contributed by atoms with Gasteiger partial charge >= 0.3 is 6.36 Å². The van der Waals surface area contributed by atoms with Crippen molar-refractivity contribution in [2.75, 3.05) is 26.9 Å². The van der Waals surface area contributed by atoms with E-state index in [4.69, 9.17) is 9.47 Å². The van der Waals surface area contributed by atoms with Gasteiger partial charge in [-0.1, -0.05) is 6.07 Å². The minimum Gasteiger partial charge on any atom is -0.496 e. The molecule has 1 heterocycles. The minimum absolute atomic E-state index is 0.241. The predicted molar refractivity (Wildman–Crippen MR) is 101 cm³/mol. The lowest BCUT2D eigenvalue weighted by Crippen LogP contribution is -2.30. The van der Waals surface area contributed by atoms with Crippen LogP contribution in [0.1, 0.15) is 37.4 Å². The van der Waals surface area contributed by atoms with E-state index in [0.29, 0.717) is 47.5 Å². The van der Waals surface area contributed by atoms with E-state index in [1.165, 1.54) is 19.2 Å². The molecular formula is C21H19F4NO5. The van der Waals surface area contributed by atoms with Crippen LogP contribution in [0.25, 0.3) is 0 Å². The average Bonchev–Trinajstić information content (AvgIpc) is 3.20. The molecule has 0 atom stereocenters. The summed E-state index contributed by atoms with van der Waals surface area (Å²) in [6, 6.07) is 5.55. The number of carbonyl (C=O) groups excluding carboxylic acids is 2. The Morgan fingerprint density at radius 2 is 2.06 bits per heavy atom. The van der Waals surface area contributed by atoms with Crippen LogP contribution in [0.15, 0.2) is 24.3 Å². The van der Waals surface area contributed by atoms with Crippen molar-refractivity contribution >= 4 is 12.2 Å². The number of amides is 1. The Hall–Kier alpha value is -3.14. The summed E-state index contributed by atoms with van der Waals surface area (Å²) in [7, 11) is 1.47. The van der Waals surface area contributed by atoms with Crippen LogP contribution in [-0.2, 0) is 17.6 Å². The molecular weight excluding hydrogens is 422 g/mol. The Bertz CT molecular complexity index is 991. The Kier molecular flexibility index (Phi) is 6.79. The molecule has 0 bridgehead atoms. The third-order valence-corrected chi connectivity index (χ3v) is 4.69. The van der Waals surface area contributed by atoms with Crippen LogP contribution in [0.3, 0.4) is 0 Å². The maximum absolute atomic E-state index is 14.5. The highest BCUT2D eigenvalue weighted by atomic mass is 19.4. The number of halogens is 4. The quantitative estimate of drug-likeness (QED) is 0.386.